The van der Waals surface area contributed by atoms with E-state index in [0.717, 1.165) is 29.9 Å². The van der Waals surface area contributed by atoms with Gasteiger partial charge in [-0.2, -0.15) is 0 Å². The van der Waals surface area contributed by atoms with Crippen LogP contribution in [0.5, 0.6) is 5.75 Å². The number of halogens is 2. The molecule has 1 aromatic heterocycles. The minimum absolute atomic E-state index is 0.0966. The minimum Gasteiger partial charge on any atom is -0.484 e. The van der Waals surface area contributed by atoms with Gasteiger partial charge in [0, 0.05) is 17.5 Å². The van der Waals surface area contributed by atoms with Gasteiger partial charge in [-0.15, -0.1) is 0 Å². The lowest BCUT2D eigenvalue weighted by Crippen LogP contribution is -2.20. The number of aryl methyl sites for hydroxylation is 1. The van der Waals surface area contributed by atoms with Gasteiger partial charge in [-0.3, -0.25) is 4.79 Å². The molecule has 0 saturated carbocycles. The SMILES string of the molecule is CCCc1cc(=O)oc2cc(OCC(=O)Nc3ccc(F)cc3Cl)ccc12. The van der Waals surface area contributed by atoms with E-state index in [1.54, 1.807) is 18.2 Å². The third-order valence-corrected chi connectivity index (χ3v) is 4.21. The van der Waals surface area contributed by atoms with Crippen molar-refractivity contribution in [1.82, 2.24) is 0 Å². The standard InChI is InChI=1S/C20H17ClFNO4/c1-2-3-12-8-20(25)27-18-10-14(5-6-15(12)18)26-11-19(24)23-17-7-4-13(22)9-16(17)21/h4-10H,2-3,11H2,1H3,(H,23,24). The van der Waals surface area contributed by atoms with E-state index in [4.69, 9.17) is 20.8 Å². The van der Waals surface area contributed by atoms with Crippen molar-refractivity contribution >= 4 is 34.2 Å². The molecule has 0 aliphatic rings. The van der Waals surface area contributed by atoms with Crippen molar-refractivity contribution in [2.75, 3.05) is 11.9 Å². The fourth-order valence-corrected chi connectivity index (χ4v) is 2.92. The third-order valence-electron chi connectivity index (χ3n) is 3.90. The van der Waals surface area contributed by atoms with Gasteiger partial charge < -0.3 is 14.5 Å². The summed E-state index contributed by atoms with van der Waals surface area (Å²) in [5.74, 6) is -0.557. The Morgan fingerprint density at radius 3 is 2.78 bits per heavy atom. The van der Waals surface area contributed by atoms with Crippen LogP contribution in [0.1, 0.15) is 18.9 Å². The molecule has 1 amide bonds. The maximum Gasteiger partial charge on any atom is 0.336 e. The van der Waals surface area contributed by atoms with Crippen LogP contribution in [-0.4, -0.2) is 12.5 Å². The molecule has 0 bridgehead atoms. The van der Waals surface area contributed by atoms with Crippen LogP contribution in [0, 0.1) is 5.82 Å². The van der Waals surface area contributed by atoms with Crippen molar-refractivity contribution in [2.45, 2.75) is 19.8 Å². The quantitative estimate of drug-likeness (QED) is 0.628. The predicted molar refractivity (Wildman–Crippen MR) is 102 cm³/mol. The number of rotatable bonds is 6. The minimum atomic E-state index is -0.491. The number of benzene rings is 2. The summed E-state index contributed by atoms with van der Waals surface area (Å²) >= 11 is 5.87. The second-order valence-electron chi connectivity index (χ2n) is 5.96. The Labute approximate surface area is 159 Å². The van der Waals surface area contributed by atoms with Crippen LogP contribution < -0.4 is 15.7 Å². The van der Waals surface area contributed by atoms with E-state index in [1.165, 1.54) is 18.2 Å². The molecule has 0 atom stereocenters. The average Bonchev–Trinajstić information content (AvgIpc) is 2.62. The van der Waals surface area contributed by atoms with Crippen molar-refractivity contribution < 1.29 is 18.3 Å². The number of nitrogens with one attached hydrogen (secondary N) is 1. The third kappa shape index (κ3) is 4.65. The molecule has 3 aromatic rings. The Morgan fingerprint density at radius 2 is 2.04 bits per heavy atom. The normalized spacial score (nSPS) is 10.8. The highest BCUT2D eigenvalue weighted by Crippen LogP contribution is 2.24. The van der Waals surface area contributed by atoms with Gasteiger partial charge in [0.1, 0.15) is 17.1 Å². The second kappa shape index (κ2) is 8.22. The fourth-order valence-electron chi connectivity index (χ4n) is 2.70. The van der Waals surface area contributed by atoms with Gasteiger partial charge in [0.2, 0.25) is 0 Å². The zero-order valence-corrected chi connectivity index (χ0v) is 15.3. The van der Waals surface area contributed by atoms with Crippen molar-refractivity contribution in [2.24, 2.45) is 0 Å². The molecular weight excluding hydrogens is 373 g/mol. The highest BCUT2D eigenvalue weighted by molar-refractivity contribution is 6.33. The van der Waals surface area contributed by atoms with E-state index in [0.29, 0.717) is 17.0 Å². The molecule has 7 heteroatoms. The molecule has 2 aromatic carbocycles. The van der Waals surface area contributed by atoms with E-state index in [9.17, 15) is 14.0 Å². The van der Waals surface area contributed by atoms with Crippen LogP contribution in [0.3, 0.4) is 0 Å². The fraction of sp³-hybridized carbons (Fsp3) is 0.200. The number of carbonyl (C=O) groups is 1. The first-order valence-electron chi connectivity index (χ1n) is 8.40. The number of amides is 1. The predicted octanol–water partition coefficient (Wildman–Crippen LogP) is 4.56. The summed E-state index contributed by atoms with van der Waals surface area (Å²) < 4.78 is 23.7. The maximum absolute atomic E-state index is 13.0. The highest BCUT2D eigenvalue weighted by atomic mass is 35.5. The molecule has 0 aliphatic heterocycles. The summed E-state index contributed by atoms with van der Waals surface area (Å²) in [6.45, 7) is 1.75. The number of ether oxygens (including phenoxy) is 1. The van der Waals surface area contributed by atoms with Gasteiger partial charge in [0.25, 0.3) is 5.91 Å². The average molecular weight is 390 g/mol. The van der Waals surface area contributed by atoms with Crippen molar-refractivity contribution in [3.8, 4) is 5.75 Å². The summed E-state index contributed by atoms with van der Waals surface area (Å²) in [4.78, 5) is 23.7. The van der Waals surface area contributed by atoms with E-state index >= 15 is 0 Å². The van der Waals surface area contributed by atoms with E-state index in [2.05, 4.69) is 5.32 Å². The molecule has 140 valence electrons. The summed E-state index contributed by atoms with van der Waals surface area (Å²) in [6, 6.07) is 10.3. The largest absolute Gasteiger partial charge is 0.484 e. The molecule has 0 spiro atoms. The first-order chi connectivity index (χ1) is 13.0. The van der Waals surface area contributed by atoms with Crippen molar-refractivity contribution in [3.05, 3.63) is 69.3 Å². The van der Waals surface area contributed by atoms with Gasteiger partial charge in [-0.25, -0.2) is 9.18 Å². The summed E-state index contributed by atoms with van der Waals surface area (Å²) in [5, 5.41) is 3.48. The van der Waals surface area contributed by atoms with E-state index in [-0.39, 0.29) is 11.6 Å². The zero-order valence-electron chi connectivity index (χ0n) is 14.6. The molecule has 0 radical (unpaired) electrons. The molecule has 0 aliphatic carbocycles. The smallest absolute Gasteiger partial charge is 0.336 e. The Kier molecular flexibility index (Phi) is 5.76. The molecule has 1 N–H and O–H groups in total. The number of anilines is 1. The lowest BCUT2D eigenvalue weighted by molar-refractivity contribution is -0.118. The summed E-state index contributed by atoms with van der Waals surface area (Å²) in [6.07, 6.45) is 1.67. The first-order valence-corrected chi connectivity index (χ1v) is 8.78. The Bertz CT molecular complexity index is 1050. The van der Waals surface area contributed by atoms with Crippen LogP contribution in [0.4, 0.5) is 10.1 Å². The van der Waals surface area contributed by atoms with E-state index in [1.807, 2.05) is 6.92 Å². The van der Waals surface area contributed by atoms with Crippen LogP contribution in [0.25, 0.3) is 11.0 Å². The van der Waals surface area contributed by atoms with Crippen LogP contribution in [0.2, 0.25) is 5.02 Å². The summed E-state index contributed by atoms with van der Waals surface area (Å²) in [5.41, 5.74) is 1.19. The number of carbonyl (C=O) groups excluding carboxylic acids is 1. The van der Waals surface area contributed by atoms with Gasteiger partial charge >= 0.3 is 5.63 Å². The Hall–Kier alpha value is -2.86. The number of hydrogen-bond donors (Lipinski definition) is 1. The zero-order chi connectivity index (χ0) is 19.4. The first kappa shape index (κ1) is 18.9. The molecule has 1 heterocycles. The molecule has 3 rings (SSSR count). The van der Waals surface area contributed by atoms with Gasteiger partial charge in [-0.05, 0) is 42.3 Å². The molecule has 0 saturated heterocycles. The lowest BCUT2D eigenvalue weighted by atomic mass is 10.1. The molecular formula is C20H17ClFNO4. The monoisotopic (exact) mass is 389 g/mol. The molecule has 0 fully saturated rings. The second-order valence-corrected chi connectivity index (χ2v) is 6.37. The van der Waals surface area contributed by atoms with E-state index < -0.39 is 17.3 Å². The van der Waals surface area contributed by atoms with Crippen molar-refractivity contribution in [1.29, 1.82) is 0 Å². The van der Waals surface area contributed by atoms with Crippen molar-refractivity contribution in [3.63, 3.8) is 0 Å². The Balaban J connectivity index is 1.71. The summed E-state index contributed by atoms with van der Waals surface area (Å²) in [7, 11) is 0. The maximum atomic E-state index is 13.0. The van der Waals surface area contributed by atoms with Crippen LogP contribution in [0.15, 0.2) is 51.7 Å². The van der Waals surface area contributed by atoms with Crippen LogP contribution >= 0.6 is 11.6 Å². The van der Waals surface area contributed by atoms with Gasteiger partial charge in [-0.1, -0.05) is 24.9 Å². The molecule has 0 unspecified atom stereocenters. The number of fused-ring (bicyclic) bond motifs is 1. The Morgan fingerprint density at radius 1 is 1.22 bits per heavy atom. The molecule has 5 nitrogen and oxygen atoms in total. The lowest BCUT2D eigenvalue weighted by Gasteiger charge is -2.10. The van der Waals surface area contributed by atoms with Crippen LogP contribution in [-0.2, 0) is 11.2 Å². The highest BCUT2D eigenvalue weighted by Gasteiger charge is 2.10. The molecule has 27 heavy (non-hydrogen) atoms. The van der Waals surface area contributed by atoms with Gasteiger partial charge in [0.15, 0.2) is 6.61 Å². The topological polar surface area (TPSA) is 68.5 Å². The number of hydrogen-bond acceptors (Lipinski definition) is 4. The van der Waals surface area contributed by atoms with Gasteiger partial charge in [0.05, 0.1) is 10.7 Å².